The predicted molar refractivity (Wildman–Crippen MR) is 75.3 cm³/mol. The van der Waals surface area contributed by atoms with Crippen LogP contribution in [0.3, 0.4) is 0 Å². The molecule has 0 aromatic heterocycles. The zero-order valence-electron chi connectivity index (χ0n) is 11.0. The molecule has 0 aliphatic carbocycles. The van der Waals surface area contributed by atoms with Crippen LogP contribution in [0.5, 0.6) is 0 Å². The lowest BCUT2D eigenvalue weighted by atomic mass is 10.0. The Labute approximate surface area is 113 Å². The summed E-state index contributed by atoms with van der Waals surface area (Å²) < 4.78 is 19.0. The number of rotatable bonds is 5. The van der Waals surface area contributed by atoms with Crippen LogP contribution in [0.2, 0.25) is 0 Å². The van der Waals surface area contributed by atoms with Crippen molar-refractivity contribution in [1.82, 2.24) is 0 Å². The molecule has 2 nitrogen and oxygen atoms in total. The van der Waals surface area contributed by atoms with Crippen LogP contribution in [-0.4, -0.2) is 13.7 Å². The zero-order valence-corrected chi connectivity index (χ0v) is 11.0. The number of halogens is 1. The normalized spacial score (nSPS) is 10.7. The first-order chi connectivity index (χ1) is 9.24. The third-order valence-corrected chi connectivity index (χ3v) is 3.13. The molecule has 0 saturated carbocycles. The molecule has 2 aromatic carbocycles. The molecular formula is C16H18FNO. The van der Waals surface area contributed by atoms with Crippen LogP contribution in [0.1, 0.15) is 11.1 Å². The summed E-state index contributed by atoms with van der Waals surface area (Å²) in [6.45, 7) is 1.05. The topological polar surface area (TPSA) is 35.2 Å². The second-order valence-electron chi connectivity index (χ2n) is 4.46. The van der Waals surface area contributed by atoms with Crippen molar-refractivity contribution in [3.63, 3.8) is 0 Å². The first-order valence-corrected chi connectivity index (χ1v) is 6.31. The van der Waals surface area contributed by atoms with Gasteiger partial charge in [0.05, 0.1) is 6.61 Å². The summed E-state index contributed by atoms with van der Waals surface area (Å²) in [5, 5.41) is 0. The first-order valence-electron chi connectivity index (χ1n) is 6.31. The number of benzene rings is 2. The second kappa shape index (κ2) is 6.45. The van der Waals surface area contributed by atoms with Gasteiger partial charge in [-0.05, 0) is 29.2 Å². The molecule has 0 spiro atoms. The number of methoxy groups -OCH3 is 1. The molecule has 0 heterocycles. The van der Waals surface area contributed by atoms with E-state index in [9.17, 15) is 4.39 Å². The summed E-state index contributed by atoms with van der Waals surface area (Å²) in [6, 6.07) is 13.0. The molecule has 0 fully saturated rings. The number of hydrogen-bond donors (Lipinski definition) is 1. The van der Waals surface area contributed by atoms with Crippen molar-refractivity contribution >= 4 is 0 Å². The molecule has 0 atom stereocenters. The fourth-order valence-electron chi connectivity index (χ4n) is 1.99. The SMILES string of the molecule is COCCc1ccc(-c2ccc(CN)cc2F)cc1. The highest BCUT2D eigenvalue weighted by Crippen LogP contribution is 2.24. The maximum Gasteiger partial charge on any atom is 0.131 e. The third kappa shape index (κ3) is 3.40. The molecule has 19 heavy (non-hydrogen) atoms. The van der Waals surface area contributed by atoms with E-state index in [0.29, 0.717) is 18.7 Å². The van der Waals surface area contributed by atoms with E-state index in [1.165, 1.54) is 11.6 Å². The largest absolute Gasteiger partial charge is 0.384 e. The van der Waals surface area contributed by atoms with E-state index in [4.69, 9.17) is 10.5 Å². The Morgan fingerprint density at radius 1 is 1.05 bits per heavy atom. The van der Waals surface area contributed by atoms with E-state index in [0.717, 1.165) is 17.5 Å². The van der Waals surface area contributed by atoms with Crippen LogP contribution < -0.4 is 5.73 Å². The Morgan fingerprint density at radius 2 is 1.74 bits per heavy atom. The maximum atomic E-state index is 14.0. The minimum atomic E-state index is -0.229. The van der Waals surface area contributed by atoms with Crippen LogP contribution >= 0.6 is 0 Å². The van der Waals surface area contributed by atoms with Gasteiger partial charge in [0.1, 0.15) is 5.82 Å². The van der Waals surface area contributed by atoms with Gasteiger partial charge in [-0.25, -0.2) is 4.39 Å². The number of hydrogen-bond acceptors (Lipinski definition) is 2. The van der Waals surface area contributed by atoms with Crippen molar-refractivity contribution < 1.29 is 9.13 Å². The van der Waals surface area contributed by atoms with Crippen molar-refractivity contribution in [2.75, 3.05) is 13.7 Å². The highest BCUT2D eigenvalue weighted by atomic mass is 19.1. The molecule has 0 saturated heterocycles. The van der Waals surface area contributed by atoms with Gasteiger partial charge in [-0.3, -0.25) is 0 Å². The average Bonchev–Trinajstić information content (AvgIpc) is 2.45. The highest BCUT2D eigenvalue weighted by Gasteiger charge is 2.05. The van der Waals surface area contributed by atoms with E-state index in [2.05, 4.69) is 0 Å². The second-order valence-corrected chi connectivity index (χ2v) is 4.46. The lowest BCUT2D eigenvalue weighted by Gasteiger charge is -2.07. The van der Waals surface area contributed by atoms with Crippen LogP contribution in [0.25, 0.3) is 11.1 Å². The fourth-order valence-corrected chi connectivity index (χ4v) is 1.99. The number of ether oxygens (including phenoxy) is 1. The lowest BCUT2D eigenvalue weighted by molar-refractivity contribution is 0.202. The van der Waals surface area contributed by atoms with Gasteiger partial charge in [0.15, 0.2) is 0 Å². The summed E-state index contributed by atoms with van der Waals surface area (Å²) in [4.78, 5) is 0. The summed E-state index contributed by atoms with van der Waals surface area (Å²) in [6.07, 6.45) is 0.866. The lowest BCUT2D eigenvalue weighted by Crippen LogP contribution is -1.97. The van der Waals surface area contributed by atoms with Crippen LogP contribution in [0.4, 0.5) is 4.39 Å². The van der Waals surface area contributed by atoms with Crippen molar-refractivity contribution in [3.05, 3.63) is 59.4 Å². The van der Waals surface area contributed by atoms with Crippen LogP contribution in [-0.2, 0) is 17.7 Å². The maximum absolute atomic E-state index is 14.0. The van der Waals surface area contributed by atoms with E-state index < -0.39 is 0 Å². The summed E-state index contributed by atoms with van der Waals surface area (Å²) in [5.41, 5.74) is 8.97. The van der Waals surface area contributed by atoms with Crippen molar-refractivity contribution in [3.8, 4) is 11.1 Å². The average molecular weight is 259 g/mol. The Hall–Kier alpha value is -1.71. The molecule has 0 unspecified atom stereocenters. The van der Waals surface area contributed by atoms with Gasteiger partial charge in [0.2, 0.25) is 0 Å². The van der Waals surface area contributed by atoms with E-state index in [1.54, 1.807) is 13.2 Å². The van der Waals surface area contributed by atoms with Crippen molar-refractivity contribution in [2.24, 2.45) is 5.73 Å². The Morgan fingerprint density at radius 3 is 2.32 bits per heavy atom. The summed E-state index contributed by atoms with van der Waals surface area (Å²) in [5.74, 6) is -0.229. The Balaban J connectivity index is 2.22. The van der Waals surface area contributed by atoms with Gasteiger partial charge in [-0.1, -0.05) is 36.4 Å². The van der Waals surface area contributed by atoms with Gasteiger partial charge in [0.25, 0.3) is 0 Å². The van der Waals surface area contributed by atoms with Crippen LogP contribution in [0, 0.1) is 5.82 Å². The van der Waals surface area contributed by atoms with Gasteiger partial charge in [-0.15, -0.1) is 0 Å². The minimum absolute atomic E-state index is 0.229. The standard InChI is InChI=1S/C16H18FNO/c1-19-9-8-12-2-5-14(6-3-12)15-7-4-13(11-18)10-16(15)17/h2-7,10H,8-9,11,18H2,1H3. The third-order valence-electron chi connectivity index (χ3n) is 3.13. The van der Waals surface area contributed by atoms with Crippen molar-refractivity contribution in [1.29, 1.82) is 0 Å². The Bertz CT molecular complexity index is 537. The van der Waals surface area contributed by atoms with Crippen molar-refractivity contribution in [2.45, 2.75) is 13.0 Å². The van der Waals surface area contributed by atoms with Gasteiger partial charge in [-0.2, -0.15) is 0 Å². The first kappa shape index (κ1) is 13.7. The summed E-state index contributed by atoms with van der Waals surface area (Å²) >= 11 is 0. The minimum Gasteiger partial charge on any atom is -0.384 e. The van der Waals surface area contributed by atoms with Crippen LogP contribution in [0.15, 0.2) is 42.5 Å². The quantitative estimate of drug-likeness (QED) is 0.895. The van der Waals surface area contributed by atoms with Gasteiger partial charge < -0.3 is 10.5 Å². The molecule has 2 rings (SSSR count). The molecule has 0 amide bonds. The molecule has 0 aliphatic rings. The fraction of sp³-hybridized carbons (Fsp3) is 0.250. The predicted octanol–water partition coefficient (Wildman–Crippen LogP) is 3.14. The molecular weight excluding hydrogens is 241 g/mol. The summed E-state index contributed by atoms with van der Waals surface area (Å²) in [7, 11) is 1.68. The molecule has 0 aliphatic heterocycles. The van der Waals surface area contributed by atoms with E-state index in [1.807, 2.05) is 30.3 Å². The number of nitrogens with two attached hydrogens (primary N) is 1. The molecule has 0 bridgehead atoms. The molecule has 100 valence electrons. The van der Waals surface area contributed by atoms with E-state index in [-0.39, 0.29) is 5.82 Å². The Kier molecular flexibility index (Phi) is 4.66. The van der Waals surface area contributed by atoms with Gasteiger partial charge >= 0.3 is 0 Å². The molecule has 3 heteroatoms. The smallest absolute Gasteiger partial charge is 0.131 e. The monoisotopic (exact) mass is 259 g/mol. The molecule has 2 N–H and O–H groups in total. The zero-order chi connectivity index (χ0) is 13.7. The highest BCUT2D eigenvalue weighted by molar-refractivity contribution is 5.64. The van der Waals surface area contributed by atoms with Gasteiger partial charge in [0, 0.05) is 19.2 Å². The molecule has 0 radical (unpaired) electrons. The molecule has 2 aromatic rings. The van der Waals surface area contributed by atoms with E-state index >= 15 is 0 Å².